The summed E-state index contributed by atoms with van der Waals surface area (Å²) in [6, 6.07) is 30.0. The zero-order chi connectivity index (χ0) is 32.5. The van der Waals surface area contributed by atoms with Gasteiger partial charge in [-0.05, 0) is 34.4 Å². The van der Waals surface area contributed by atoms with Crippen molar-refractivity contribution in [3.8, 4) is 0 Å². The molecular formula is C38H50O8. The van der Waals surface area contributed by atoms with Gasteiger partial charge in [0.1, 0.15) is 12.2 Å². The third kappa shape index (κ3) is 8.43. The van der Waals surface area contributed by atoms with E-state index in [9.17, 15) is 10.2 Å². The van der Waals surface area contributed by atoms with Gasteiger partial charge in [0.15, 0.2) is 6.29 Å². The van der Waals surface area contributed by atoms with E-state index in [4.69, 9.17) is 28.4 Å². The molecule has 3 aromatic carbocycles. The Morgan fingerprint density at radius 2 is 1.17 bits per heavy atom. The summed E-state index contributed by atoms with van der Waals surface area (Å²) in [5.74, 6) is -0.603. The van der Waals surface area contributed by atoms with E-state index in [0.29, 0.717) is 26.4 Å². The molecule has 0 spiro atoms. The predicted molar refractivity (Wildman–Crippen MR) is 175 cm³/mol. The third-order valence-electron chi connectivity index (χ3n) is 9.85. The molecule has 46 heavy (non-hydrogen) atoms. The molecule has 250 valence electrons. The molecule has 2 aliphatic rings. The van der Waals surface area contributed by atoms with Crippen molar-refractivity contribution in [2.75, 3.05) is 20.3 Å². The molecule has 2 aliphatic heterocycles. The molecule has 8 heteroatoms. The van der Waals surface area contributed by atoms with E-state index in [2.05, 4.69) is 13.8 Å². The van der Waals surface area contributed by atoms with E-state index in [-0.39, 0.29) is 30.5 Å². The van der Waals surface area contributed by atoms with Crippen LogP contribution in [0.15, 0.2) is 91.0 Å². The SMILES string of the molecule is CO[C@H]1O[C@H](CO)[C@@H](C)[C@H](C(O)[C@H]2O[C@H](COCc3ccccc3)[C@@H](C)[C@H](C)[C@@H]2OCc2ccccc2)[C@@H]1OCc1ccccc1. The minimum absolute atomic E-state index is 0.0492. The van der Waals surface area contributed by atoms with Crippen molar-refractivity contribution in [3.63, 3.8) is 0 Å². The smallest absolute Gasteiger partial charge is 0.184 e. The zero-order valence-corrected chi connectivity index (χ0v) is 27.4. The van der Waals surface area contributed by atoms with Crippen LogP contribution in [-0.4, -0.2) is 73.5 Å². The summed E-state index contributed by atoms with van der Waals surface area (Å²) in [5, 5.41) is 22.7. The highest BCUT2D eigenvalue weighted by Crippen LogP contribution is 2.42. The standard InChI is InChI=1S/C38H50O8/c1-25-26(2)35(43-22-29-16-10-6-11-17-29)37(45-32(25)24-42-21-28-14-8-5-9-15-28)34(40)33-27(3)31(20-39)46-38(41-4)36(33)44-23-30-18-12-7-13-19-30/h5-19,25-27,31-40H,20-24H2,1-4H3/t25-,26-,27+,31+,32+,33+,34?,35-,36-,37+,38-/m0/s1. The Bertz CT molecular complexity index is 1280. The lowest BCUT2D eigenvalue weighted by atomic mass is 9.72. The minimum Gasteiger partial charge on any atom is -0.394 e. The molecule has 8 nitrogen and oxygen atoms in total. The van der Waals surface area contributed by atoms with Crippen LogP contribution in [0.25, 0.3) is 0 Å². The van der Waals surface area contributed by atoms with Gasteiger partial charge in [-0.3, -0.25) is 0 Å². The number of benzene rings is 3. The van der Waals surface area contributed by atoms with Gasteiger partial charge in [-0.1, -0.05) is 112 Å². The number of methoxy groups -OCH3 is 1. The number of hydrogen-bond donors (Lipinski definition) is 2. The second-order valence-corrected chi connectivity index (χ2v) is 12.8. The first-order valence-corrected chi connectivity index (χ1v) is 16.5. The maximum Gasteiger partial charge on any atom is 0.184 e. The number of aliphatic hydroxyl groups is 2. The third-order valence-corrected chi connectivity index (χ3v) is 9.85. The quantitative estimate of drug-likeness (QED) is 0.244. The first-order valence-electron chi connectivity index (χ1n) is 16.5. The van der Waals surface area contributed by atoms with Crippen LogP contribution >= 0.6 is 0 Å². The number of ether oxygens (including phenoxy) is 6. The van der Waals surface area contributed by atoms with Crippen molar-refractivity contribution in [1.82, 2.24) is 0 Å². The normalized spacial score (nSPS) is 32.2. The molecule has 0 radical (unpaired) electrons. The lowest BCUT2D eigenvalue weighted by molar-refractivity contribution is -0.308. The van der Waals surface area contributed by atoms with Gasteiger partial charge >= 0.3 is 0 Å². The van der Waals surface area contributed by atoms with Crippen LogP contribution in [0.4, 0.5) is 0 Å². The Balaban J connectivity index is 1.41. The highest BCUT2D eigenvalue weighted by Gasteiger charge is 2.54. The van der Waals surface area contributed by atoms with Crippen LogP contribution in [-0.2, 0) is 48.2 Å². The monoisotopic (exact) mass is 634 g/mol. The topological polar surface area (TPSA) is 95.8 Å². The minimum atomic E-state index is -1.02. The molecule has 0 aromatic heterocycles. The first kappa shape index (κ1) is 34.7. The lowest BCUT2D eigenvalue weighted by Gasteiger charge is -2.51. The Morgan fingerprint density at radius 3 is 1.70 bits per heavy atom. The summed E-state index contributed by atoms with van der Waals surface area (Å²) >= 11 is 0. The van der Waals surface area contributed by atoms with Crippen molar-refractivity contribution < 1.29 is 38.6 Å². The molecule has 0 bridgehead atoms. The van der Waals surface area contributed by atoms with E-state index in [1.54, 1.807) is 7.11 Å². The first-order chi connectivity index (χ1) is 22.4. The van der Waals surface area contributed by atoms with E-state index in [1.165, 1.54) is 0 Å². The van der Waals surface area contributed by atoms with Gasteiger partial charge in [0, 0.05) is 13.0 Å². The Hall–Kier alpha value is -2.66. The molecule has 0 saturated carbocycles. The van der Waals surface area contributed by atoms with Gasteiger partial charge in [-0.2, -0.15) is 0 Å². The molecule has 1 unspecified atom stereocenters. The summed E-state index contributed by atoms with van der Waals surface area (Å²) < 4.78 is 38.0. The highest BCUT2D eigenvalue weighted by atomic mass is 16.7. The van der Waals surface area contributed by atoms with Crippen molar-refractivity contribution in [2.24, 2.45) is 23.7 Å². The molecule has 3 aromatic rings. The Labute approximate surface area is 273 Å². The fourth-order valence-corrected chi connectivity index (χ4v) is 6.87. The van der Waals surface area contributed by atoms with Gasteiger partial charge in [0.05, 0.1) is 57.5 Å². The van der Waals surface area contributed by atoms with Crippen molar-refractivity contribution in [3.05, 3.63) is 108 Å². The van der Waals surface area contributed by atoms with Crippen molar-refractivity contribution >= 4 is 0 Å². The van der Waals surface area contributed by atoms with E-state index < -0.39 is 42.7 Å². The van der Waals surface area contributed by atoms with Gasteiger partial charge in [-0.15, -0.1) is 0 Å². The van der Waals surface area contributed by atoms with Crippen LogP contribution < -0.4 is 0 Å². The second-order valence-electron chi connectivity index (χ2n) is 12.8. The molecule has 2 saturated heterocycles. The van der Waals surface area contributed by atoms with E-state index in [0.717, 1.165) is 16.7 Å². The Kier molecular flexibility index (Phi) is 12.8. The lowest BCUT2D eigenvalue weighted by Crippen LogP contribution is -2.63. The maximum absolute atomic E-state index is 12.4. The summed E-state index contributed by atoms with van der Waals surface area (Å²) in [5.41, 5.74) is 3.14. The Morgan fingerprint density at radius 1 is 0.652 bits per heavy atom. The van der Waals surface area contributed by atoms with Crippen LogP contribution in [0, 0.1) is 23.7 Å². The van der Waals surface area contributed by atoms with Crippen LogP contribution in [0.2, 0.25) is 0 Å². The molecule has 2 N–H and O–H groups in total. The molecule has 5 rings (SSSR count). The number of hydrogen-bond acceptors (Lipinski definition) is 8. The van der Waals surface area contributed by atoms with Crippen LogP contribution in [0.1, 0.15) is 37.5 Å². The van der Waals surface area contributed by atoms with Crippen LogP contribution in [0.5, 0.6) is 0 Å². The number of aliphatic hydroxyl groups excluding tert-OH is 2. The van der Waals surface area contributed by atoms with Crippen molar-refractivity contribution in [1.29, 1.82) is 0 Å². The zero-order valence-electron chi connectivity index (χ0n) is 27.4. The van der Waals surface area contributed by atoms with Gasteiger partial charge in [-0.25, -0.2) is 0 Å². The second kappa shape index (κ2) is 16.9. The molecule has 11 atom stereocenters. The summed E-state index contributed by atoms with van der Waals surface area (Å²) in [6.45, 7) is 7.66. The molecule has 0 aliphatic carbocycles. The van der Waals surface area contributed by atoms with Crippen LogP contribution in [0.3, 0.4) is 0 Å². The molecule has 2 fully saturated rings. The molecular weight excluding hydrogens is 584 g/mol. The van der Waals surface area contributed by atoms with Crippen molar-refractivity contribution in [2.45, 2.75) is 83.5 Å². The maximum atomic E-state index is 12.4. The fourth-order valence-electron chi connectivity index (χ4n) is 6.87. The largest absolute Gasteiger partial charge is 0.394 e. The summed E-state index contributed by atoms with van der Waals surface area (Å²) in [6.07, 6.45) is -4.34. The van der Waals surface area contributed by atoms with Gasteiger partial charge < -0.3 is 38.6 Å². The van der Waals surface area contributed by atoms with Gasteiger partial charge in [0.25, 0.3) is 0 Å². The predicted octanol–water partition coefficient (Wildman–Crippen LogP) is 5.39. The fraction of sp³-hybridized carbons (Fsp3) is 0.526. The van der Waals surface area contributed by atoms with E-state index in [1.807, 2.05) is 97.9 Å². The highest BCUT2D eigenvalue weighted by molar-refractivity contribution is 5.15. The van der Waals surface area contributed by atoms with Gasteiger partial charge in [0.2, 0.25) is 0 Å². The summed E-state index contributed by atoms with van der Waals surface area (Å²) in [4.78, 5) is 0. The number of rotatable bonds is 14. The molecule has 0 amide bonds. The summed E-state index contributed by atoms with van der Waals surface area (Å²) in [7, 11) is 1.56. The average molecular weight is 635 g/mol. The van der Waals surface area contributed by atoms with E-state index >= 15 is 0 Å². The molecule has 2 heterocycles. The average Bonchev–Trinajstić information content (AvgIpc) is 3.09.